The minimum absolute atomic E-state index is 0.0114. The topological polar surface area (TPSA) is 175 Å². The molecule has 3 heterocycles. The minimum atomic E-state index is -0.514. The van der Waals surface area contributed by atoms with Crippen molar-refractivity contribution in [2.24, 2.45) is 5.92 Å². The summed E-state index contributed by atoms with van der Waals surface area (Å²) < 4.78 is 16.7. The molecular formula is C29H39N7O7. The van der Waals surface area contributed by atoms with Crippen LogP contribution >= 0.6 is 0 Å². The SMILES string of the molecule is Cc1noc(C)c1NC(=O)Nc1ccc2c(c1)CC(=O)N([C@@H](C)CO)C[C@H](C)[C@@H](CN(C)C(=O)Nc1c(C)noc1C)O2. The van der Waals surface area contributed by atoms with Crippen molar-refractivity contribution in [3.8, 4) is 5.75 Å². The van der Waals surface area contributed by atoms with Crippen molar-refractivity contribution in [1.29, 1.82) is 0 Å². The van der Waals surface area contributed by atoms with Crippen LogP contribution in [0.5, 0.6) is 5.75 Å². The fraction of sp³-hybridized carbons (Fsp3) is 0.483. The summed E-state index contributed by atoms with van der Waals surface area (Å²) in [6.45, 7) is 10.9. The van der Waals surface area contributed by atoms with Crippen molar-refractivity contribution < 1.29 is 33.3 Å². The second kappa shape index (κ2) is 13.2. The van der Waals surface area contributed by atoms with E-state index < -0.39 is 18.2 Å². The average Bonchev–Trinajstić information content (AvgIpc) is 3.46. The van der Waals surface area contributed by atoms with Crippen molar-refractivity contribution in [2.75, 3.05) is 42.7 Å². The number of rotatable bonds is 7. The van der Waals surface area contributed by atoms with E-state index in [1.807, 2.05) is 6.92 Å². The molecule has 14 nitrogen and oxygen atoms in total. The standard InChI is InChI=1S/C29H39N7O7/c1-15-12-36(16(2)14-37)25(38)11-21-10-22(30-28(39)31-26-17(3)33-42-19(26)5)8-9-23(21)41-24(15)13-35(7)29(40)32-27-18(4)34-43-20(27)6/h8-10,15-16,24,37H,11-14H2,1-7H3,(H,32,40)(H2,30,31,39)/t15-,16-,24+/m0/s1. The van der Waals surface area contributed by atoms with Crippen LogP contribution in [0.4, 0.5) is 26.7 Å². The number of aliphatic hydroxyl groups excluding tert-OH is 1. The lowest BCUT2D eigenvalue weighted by molar-refractivity contribution is -0.134. The molecule has 4 N–H and O–H groups in total. The normalized spacial score (nSPS) is 17.6. The van der Waals surface area contributed by atoms with Crippen molar-refractivity contribution in [3.05, 3.63) is 46.7 Å². The van der Waals surface area contributed by atoms with Crippen molar-refractivity contribution in [1.82, 2.24) is 20.1 Å². The Balaban J connectivity index is 1.57. The quantitative estimate of drug-likeness (QED) is 0.315. The summed E-state index contributed by atoms with van der Waals surface area (Å²) in [6.07, 6.45) is -0.525. The van der Waals surface area contributed by atoms with Crippen LogP contribution in [-0.4, -0.2) is 82.1 Å². The highest BCUT2D eigenvalue weighted by Gasteiger charge is 2.32. The molecule has 0 radical (unpaired) electrons. The van der Waals surface area contributed by atoms with Crippen LogP contribution in [0.2, 0.25) is 0 Å². The third-order valence-electron chi connectivity index (χ3n) is 7.51. The second-order valence-electron chi connectivity index (χ2n) is 11.0. The van der Waals surface area contributed by atoms with Crippen molar-refractivity contribution >= 4 is 35.0 Å². The Hall–Kier alpha value is -4.59. The molecule has 0 bridgehead atoms. The zero-order valence-corrected chi connectivity index (χ0v) is 25.5. The van der Waals surface area contributed by atoms with E-state index in [1.165, 1.54) is 4.90 Å². The number of anilines is 3. The molecule has 1 aromatic carbocycles. The number of amides is 5. The first-order chi connectivity index (χ1) is 20.4. The number of benzene rings is 1. The Labute approximate surface area is 249 Å². The Morgan fingerprint density at radius 2 is 1.70 bits per heavy atom. The number of fused-ring (bicyclic) bond motifs is 1. The molecule has 0 saturated carbocycles. The number of urea groups is 2. The second-order valence-corrected chi connectivity index (χ2v) is 11.0. The monoisotopic (exact) mass is 597 g/mol. The summed E-state index contributed by atoms with van der Waals surface area (Å²) in [7, 11) is 1.65. The number of aromatic nitrogens is 2. The van der Waals surface area contributed by atoms with Crippen molar-refractivity contribution in [2.45, 2.75) is 60.1 Å². The van der Waals surface area contributed by atoms with Crippen LogP contribution in [0.25, 0.3) is 0 Å². The van der Waals surface area contributed by atoms with Gasteiger partial charge in [0, 0.05) is 30.8 Å². The maximum Gasteiger partial charge on any atom is 0.323 e. The van der Waals surface area contributed by atoms with Gasteiger partial charge in [-0.2, -0.15) is 0 Å². The summed E-state index contributed by atoms with van der Waals surface area (Å²) in [4.78, 5) is 42.4. The smallest absolute Gasteiger partial charge is 0.323 e. The molecule has 3 atom stereocenters. The van der Waals surface area contributed by atoms with Gasteiger partial charge in [0.15, 0.2) is 11.5 Å². The van der Waals surface area contributed by atoms with Gasteiger partial charge in [-0.25, -0.2) is 9.59 Å². The number of carbonyl (C=O) groups excluding carboxylic acids is 3. The lowest BCUT2D eigenvalue weighted by Gasteiger charge is -2.34. The summed E-state index contributed by atoms with van der Waals surface area (Å²) in [5.41, 5.74) is 3.10. The fourth-order valence-electron chi connectivity index (χ4n) is 4.88. The largest absolute Gasteiger partial charge is 0.488 e. The van der Waals surface area contributed by atoms with Crippen LogP contribution in [0.3, 0.4) is 0 Å². The van der Waals surface area contributed by atoms with Gasteiger partial charge in [0.1, 0.15) is 34.6 Å². The van der Waals surface area contributed by atoms with E-state index in [0.717, 1.165) is 0 Å². The van der Waals surface area contributed by atoms with Gasteiger partial charge in [0.2, 0.25) is 5.91 Å². The number of nitrogens with one attached hydrogen (secondary N) is 3. The lowest BCUT2D eigenvalue weighted by atomic mass is 10.0. The van der Waals surface area contributed by atoms with Gasteiger partial charge in [-0.05, 0) is 52.8 Å². The number of carbonyl (C=O) groups is 3. The molecule has 0 saturated heterocycles. The Morgan fingerprint density at radius 3 is 2.28 bits per heavy atom. The van der Waals surface area contributed by atoms with E-state index in [2.05, 4.69) is 26.3 Å². The first-order valence-electron chi connectivity index (χ1n) is 14.0. The predicted molar refractivity (Wildman–Crippen MR) is 158 cm³/mol. The Bertz CT molecular complexity index is 1440. The summed E-state index contributed by atoms with van der Waals surface area (Å²) in [5, 5.41) is 26.0. The van der Waals surface area contributed by atoms with E-state index in [-0.39, 0.29) is 37.4 Å². The van der Waals surface area contributed by atoms with Gasteiger partial charge in [0.25, 0.3) is 0 Å². The number of likely N-dealkylation sites (N-methyl/N-ethyl adjacent to an activating group) is 1. The first-order valence-corrected chi connectivity index (χ1v) is 14.0. The molecule has 232 valence electrons. The number of aliphatic hydroxyl groups is 1. The highest BCUT2D eigenvalue weighted by Crippen LogP contribution is 2.30. The maximum atomic E-state index is 13.5. The zero-order chi connectivity index (χ0) is 31.4. The predicted octanol–water partition coefficient (Wildman–Crippen LogP) is 3.85. The van der Waals surface area contributed by atoms with E-state index in [0.29, 0.717) is 57.8 Å². The highest BCUT2D eigenvalue weighted by molar-refractivity contribution is 6.00. The van der Waals surface area contributed by atoms with Gasteiger partial charge in [0.05, 0.1) is 25.6 Å². The number of hydrogen-bond acceptors (Lipinski definition) is 9. The van der Waals surface area contributed by atoms with Crippen molar-refractivity contribution in [3.63, 3.8) is 0 Å². The molecule has 1 aliphatic rings. The Morgan fingerprint density at radius 1 is 1.07 bits per heavy atom. The number of hydrogen-bond donors (Lipinski definition) is 4. The molecular weight excluding hydrogens is 558 g/mol. The van der Waals surface area contributed by atoms with Crippen LogP contribution in [-0.2, 0) is 11.2 Å². The van der Waals surface area contributed by atoms with Gasteiger partial charge in [-0.1, -0.05) is 17.2 Å². The molecule has 1 aliphatic heterocycles. The molecule has 0 fully saturated rings. The average molecular weight is 598 g/mol. The van der Waals surface area contributed by atoms with Gasteiger partial charge < -0.3 is 44.6 Å². The third-order valence-corrected chi connectivity index (χ3v) is 7.51. The first kappa shape index (κ1) is 31.3. The number of nitrogens with zero attached hydrogens (tertiary/aromatic N) is 4. The van der Waals surface area contributed by atoms with E-state index in [1.54, 1.807) is 64.8 Å². The molecule has 5 amide bonds. The number of aryl methyl sites for hydroxylation is 4. The van der Waals surface area contributed by atoms with E-state index >= 15 is 0 Å². The number of ether oxygens (including phenoxy) is 1. The summed E-state index contributed by atoms with van der Waals surface area (Å²) in [6, 6.07) is 3.76. The van der Waals surface area contributed by atoms with Gasteiger partial charge >= 0.3 is 12.1 Å². The van der Waals surface area contributed by atoms with E-state index in [9.17, 15) is 19.5 Å². The van der Waals surface area contributed by atoms with Crippen LogP contribution in [0.1, 0.15) is 42.3 Å². The van der Waals surface area contributed by atoms with Crippen LogP contribution in [0, 0.1) is 33.6 Å². The van der Waals surface area contributed by atoms with Crippen LogP contribution in [0.15, 0.2) is 27.2 Å². The van der Waals surface area contributed by atoms with Crippen LogP contribution < -0.4 is 20.7 Å². The molecule has 0 spiro atoms. The molecule has 2 aromatic heterocycles. The molecule has 4 rings (SSSR count). The Kier molecular flexibility index (Phi) is 9.59. The third kappa shape index (κ3) is 7.25. The maximum absolute atomic E-state index is 13.5. The fourth-order valence-corrected chi connectivity index (χ4v) is 4.88. The summed E-state index contributed by atoms with van der Waals surface area (Å²) in [5.74, 6) is 1.03. The van der Waals surface area contributed by atoms with E-state index in [4.69, 9.17) is 13.8 Å². The molecule has 43 heavy (non-hydrogen) atoms. The van der Waals surface area contributed by atoms with Gasteiger partial charge in [-0.3, -0.25) is 4.79 Å². The van der Waals surface area contributed by atoms with Gasteiger partial charge in [-0.15, -0.1) is 0 Å². The molecule has 3 aromatic rings. The highest BCUT2D eigenvalue weighted by atomic mass is 16.5. The molecule has 0 aliphatic carbocycles. The molecule has 14 heteroatoms. The summed E-state index contributed by atoms with van der Waals surface area (Å²) >= 11 is 0. The lowest BCUT2D eigenvalue weighted by Crippen LogP contribution is -2.48. The zero-order valence-electron chi connectivity index (χ0n) is 25.5. The minimum Gasteiger partial charge on any atom is -0.488 e. The molecule has 0 unspecified atom stereocenters.